The Bertz CT molecular complexity index is 1030. The monoisotopic (exact) mass is 425 g/mol. The van der Waals surface area contributed by atoms with Crippen LogP contribution in [0.15, 0.2) is 65.8 Å². The number of amides is 1. The number of rotatable bonds is 7. The maximum atomic E-state index is 12.7. The molecule has 0 bridgehead atoms. The summed E-state index contributed by atoms with van der Waals surface area (Å²) < 4.78 is 1.68. The number of aromatic nitrogens is 2. The van der Waals surface area contributed by atoms with Crippen LogP contribution in [0.25, 0.3) is 10.9 Å². The number of likely N-dealkylation sites (tertiary alicyclic amines) is 1. The molecule has 0 unspecified atom stereocenters. The standard InChI is InChI=1S/C24H28ClN3O2/c1-3-4-5-6-18(2)7-10-23(29)27-13-11-19(12-14-27)16-28-17-26-22-15-20(25)8-9-21(22)24(28)30/h3-6,8-9,15,17,19H,2,7,10-14,16H2,1H3/b4-3-,6-5-. The third-order valence-corrected chi connectivity index (χ3v) is 5.74. The molecule has 30 heavy (non-hydrogen) atoms. The molecule has 1 aromatic heterocycles. The Morgan fingerprint density at radius 3 is 2.77 bits per heavy atom. The Morgan fingerprint density at radius 1 is 1.27 bits per heavy atom. The van der Waals surface area contributed by atoms with Crippen LogP contribution < -0.4 is 5.56 Å². The number of benzene rings is 1. The Kier molecular flexibility index (Phi) is 7.63. The fourth-order valence-electron chi connectivity index (χ4n) is 3.72. The minimum atomic E-state index is -0.0420. The molecule has 0 N–H and O–H groups in total. The molecule has 1 amide bonds. The fourth-order valence-corrected chi connectivity index (χ4v) is 3.88. The first kappa shape index (κ1) is 22.0. The molecule has 0 radical (unpaired) electrons. The van der Waals surface area contributed by atoms with E-state index in [1.165, 1.54) is 0 Å². The van der Waals surface area contributed by atoms with Gasteiger partial charge >= 0.3 is 0 Å². The highest BCUT2D eigenvalue weighted by Crippen LogP contribution is 2.21. The highest BCUT2D eigenvalue weighted by atomic mass is 35.5. The Balaban J connectivity index is 1.51. The summed E-state index contributed by atoms with van der Waals surface area (Å²) in [5, 5.41) is 1.15. The second-order valence-electron chi connectivity index (χ2n) is 7.73. The molecule has 0 atom stereocenters. The molecule has 0 aliphatic carbocycles. The van der Waals surface area contributed by atoms with Crippen molar-refractivity contribution in [3.8, 4) is 0 Å². The van der Waals surface area contributed by atoms with Gasteiger partial charge in [0, 0.05) is 31.1 Å². The van der Waals surface area contributed by atoms with Gasteiger partial charge in [-0.2, -0.15) is 0 Å². The molecule has 2 aromatic rings. The highest BCUT2D eigenvalue weighted by molar-refractivity contribution is 6.31. The molecule has 1 aliphatic heterocycles. The molecular formula is C24H28ClN3O2. The molecule has 1 saturated heterocycles. The third-order valence-electron chi connectivity index (χ3n) is 5.50. The summed E-state index contributed by atoms with van der Waals surface area (Å²) in [5.74, 6) is 0.535. The lowest BCUT2D eigenvalue weighted by molar-refractivity contribution is -0.132. The summed E-state index contributed by atoms with van der Waals surface area (Å²) >= 11 is 5.98. The van der Waals surface area contributed by atoms with Crippen LogP contribution in [0.4, 0.5) is 0 Å². The average Bonchev–Trinajstić information content (AvgIpc) is 2.74. The lowest BCUT2D eigenvalue weighted by Crippen LogP contribution is -2.40. The van der Waals surface area contributed by atoms with Gasteiger partial charge in [-0.3, -0.25) is 14.2 Å². The quantitative estimate of drug-likeness (QED) is 0.601. The Hall–Kier alpha value is -2.66. The van der Waals surface area contributed by atoms with Gasteiger partial charge in [0.15, 0.2) is 0 Å². The van der Waals surface area contributed by atoms with E-state index in [1.807, 2.05) is 36.1 Å². The van der Waals surface area contributed by atoms with Crippen LogP contribution >= 0.6 is 11.6 Å². The van der Waals surface area contributed by atoms with Crippen LogP contribution in [0.1, 0.15) is 32.6 Å². The number of halogens is 1. The van der Waals surface area contributed by atoms with Crippen molar-refractivity contribution >= 4 is 28.4 Å². The van der Waals surface area contributed by atoms with Crippen molar-refractivity contribution in [3.63, 3.8) is 0 Å². The minimum absolute atomic E-state index is 0.0420. The van der Waals surface area contributed by atoms with Gasteiger partial charge in [0.2, 0.25) is 5.91 Å². The van der Waals surface area contributed by atoms with Crippen LogP contribution in [-0.2, 0) is 11.3 Å². The second kappa shape index (κ2) is 10.4. The molecule has 0 spiro atoms. The van der Waals surface area contributed by atoms with E-state index >= 15 is 0 Å². The van der Waals surface area contributed by atoms with Crippen LogP contribution in [0, 0.1) is 5.92 Å². The molecule has 0 saturated carbocycles. The molecule has 5 nitrogen and oxygen atoms in total. The first-order chi connectivity index (χ1) is 14.5. The second-order valence-corrected chi connectivity index (χ2v) is 8.17. The topological polar surface area (TPSA) is 55.2 Å². The van der Waals surface area contributed by atoms with Gasteiger partial charge in [0.1, 0.15) is 0 Å². The number of carbonyl (C=O) groups is 1. The fraction of sp³-hybridized carbons (Fsp3) is 0.375. The number of fused-ring (bicyclic) bond motifs is 1. The van der Waals surface area contributed by atoms with Gasteiger partial charge in [-0.15, -0.1) is 0 Å². The van der Waals surface area contributed by atoms with Crippen molar-refractivity contribution in [2.24, 2.45) is 5.92 Å². The molecule has 158 valence electrons. The Labute approximate surface area is 182 Å². The highest BCUT2D eigenvalue weighted by Gasteiger charge is 2.23. The maximum absolute atomic E-state index is 12.7. The first-order valence-electron chi connectivity index (χ1n) is 10.4. The molecule has 3 rings (SSSR count). The average molecular weight is 426 g/mol. The summed E-state index contributed by atoms with van der Waals surface area (Å²) in [6.07, 6.45) is 12.3. The van der Waals surface area contributed by atoms with E-state index in [4.69, 9.17) is 11.6 Å². The van der Waals surface area contributed by atoms with Gasteiger partial charge in [0.25, 0.3) is 5.56 Å². The predicted octanol–water partition coefficient (Wildman–Crippen LogP) is 4.76. The maximum Gasteiger partial charge on any atom is 0.261 e. The van der Waals surface area contributed by atoms with E-state index in [0.717, 1.165) is 31.5 Å². The van der Waals surface area contributed by atoms with Crippen molar-refractivity contribution in [3.05, 3.63) is 76.4 Å². The Morgan fingerprint density at radius 2 is 2.03 bits per heavy atom. The van der Waals surface area contributed by atoms with Crippen LogP contribution in [0.3, 0.4) is 0 Å². The van der Waals surface area contributed by atoms with E-state index in [2.05, 4.69) is 11.6 Å². The molecule has 1 aromatic carbocycles. The normalized spacial score (nSPS) is 15.5. The number of nitrogens with zero attached hydrogens (tertiary/aromatic N) is 3. The number of piperidine rings is 1. The summed E-state index contributed by atoms with van der Waals surface area (Å²) in [4.78, 5) is 31.5. The van der Waals surface area contributed by atoms with Gasteiger partial charge in [-0.1, -0.05) is 48.1 Å². The summed E-state index contributed by atoms with van der Waals surface area (Å²) in [6.45, 7) is 8.05. The molecular weight excluding hydrogens is 398 g/mol. The number of carbonyl (C=O) groups excluding carboxylic acids is 1. The van der Waals surface area contributed by atoms with E-state index in [0.29, 0.717) is 41.2 Å². The third kappa shape index (κ3) is 5.70. The van der Waals surface area contributed by atoms with Crippen molar-refractivity contribution < 1.29 is 4.79 Å². The summed E-state index contributed by atoms with van der Waals surface area (Å²) in [7, 11) is 0. The van der Waals surface area contributed by atoms with Gasteiger partial charge in [0.05, 0.1) is 17.2 Å². The van der Waals surface area contributed by atoms with Crippen molar-refractivity contribution in [2.75, 3.05) is 13.1 Å². The van der Waals surface area contributed by atoms with E-state index in [9.17, 15) is 9.59 Å². The zero-order valence-electron chi connectivity index (χ0n) is 17.4. The first-order valence-corrected chi connectivity index (χ1v) is 10.8. The molecule has 1 fully saturated rings. The number of hydrogen-bond donors (Lipinski definition) is 0. The lowest BCUT2D eigenvalue weighted by atomic mass is 9.96. The van der Waals surface area contributed by atoms with E-state index in [1.54, 1.807) is 29.1 Å². The SMILES string of the molecule is C=C(/C=C\C=C/C)CCC(=O)N1CCC(Cn2cnc3cc(Cl)ccc3c2=O)CC1. The van der Waals surface area contributed by atoms with E-state index < -0.39 is 0 Å². The number of hydrogen-bond acceptors (Lipinski definition) is 3. The lowest BCUT2D eigenvalue weighted by Gasteiger charge is -2.32. The molecule has 2 heterocycles. The largest absolute Gasteiger partial charge is 0.343 e. The van der Waals surface area contributed by atoms with Crippen LogP contribution in [0.5, 0.6) is 0 Å². The molecule has 1 aliphatic rings. The van der Waals surface area contributed by atoms with E-state index in [-0.39, 0.29) is 11.5 Å². The van der Waals surface area contributed by atoms with Gasteiger partial charge in [-0.25, -0.2) is 4.98 Å². The van der Waals surface area contributed by atoms with Crippen molar-refractivity contribution in [2.45, 2.75) is 39.2 Å². The summed E-state index contributed by atoms with van der Waals surface area (Å²) in [5.41, 5.74) is 1.53. The predicted molar refractivity (Wildman–Crippen MR) is 123 cm³/mol. The zero-order chi connectivity index (χ0) is 21.5. The van der Waals surface area contributed by atoms with Crippen molar-refractivity contribution in [1.29, 1.82) is 0 Å². The summed E-state index contributed by atoms with van der Waals surface area (Å²) in [6, 6.07) is 5.15. The minimum Gasteiger partial charge on any atom is -0.343 e. The molecule has 6 heteroatoms. The van der Waals surface area contributed by atoms with Crippen molar-refractivity contribution in [1.82, 2.24) is 14.5 Å². The smallest absolute Gasteiger partial charge is 0.261 e. The van der Waals surface area contributed by atoms with Gasteiger partial charge in [-0.05, 0) is 50.3 Å². The van der Waals surface area contributed by atoms with Crippen LogP contribution in [0.2, 0.25) is 5.02 Å². The number of allylic oxidation sites excluding steroid dienone is 5. The van der Waals surface area contributed by atoms with Gasteiger partial charge < -0.3 is 4.90 Å². The zero-order valence-corrected chi connectivity index (χ0v) is 18.1. The van der Waals surface area contributed by atoms with Crippen LogP contribution in [-0.4, -0.2) is 33.4 Å².